The molecule has 4 aromatic heterocycles. The molecule has 1 atom stereocenters. The van der Waals surface area contributed by atoms with E-state index in [4.69, 9.17) is 4.42 Å². The first kappa shape index (κ1) is 17.9. The van der Waals surface area contributed by atoms with Crippen LogP contribution in [0.25, 0.3) is 28.1 Å². The molecule has 1 N–H and O–H groups in total. The molecule has 1 saturated heterocycles. The summed E-state index contributed by atoms with van der Waals surface area (Å²) in [6, 6.07) is 9.78. The maximum Gasteiger partial charge on any atom is 0.258 e. The van der Waals surface area contributed by atoms with Gasteiger partial charge in [0.05, 0.1) is 11.4 Å². The number of furan rings is 1. The molecule has 7 nitrogen and oxygen atoms in total. The van der Waals surface area contributed by atoms with E-state index in [0.717, 1.165) is 47.7 Å². The summed E-state index contributed by atoms with van der Waals surface area (Å²) in [5.41, 5.74) is 4.54. The highest BCUT2D eigenvalue weighted by Crippen LogP contribution is 2.28. The number of rotatable bonds is 2. The van der Waals surface area contributed by atoms with Crippen molar-refractivity contribution in [3.8, 4) is 11.5 Å². The molecule has 0 aromatic carbocycles. The second kappa shape index (κ2) is 6.70. The normalized spacial score (nSPS) is 17.3. The van der Waals surface area contributed by atoms with E-state index in [0.29, 0.717) is 23.1 Å². The van der Waals surface area contributed by atoms with E-state index in [1.807, 2.05) is 44.3 Å². The second-order valence-corrected chi connectivity index (χ2v) is 7.77. The number of aryl methyl sites for hydroxylation is 2. The number of nitrogens with zero attached hydrogens (tertiary/aromatic N) is 4. The van der Waals surface area contributed by atoms with Crippen LogP contribution in [0.5, 0.6) is 0 Å². The molecule has 0 saturated carbocycles. The lowest BCUT2D eigenvalue weighted by Crippen LogP contribution is -2.49. The summed E-state index contributed by atoms with van der Waals surface area (Å²) in [7, 11) is 0. The summed E-state index contributed by atoms with van der Waals surface area (Å²) in [6.07, 6.45) is 1.88. The third-order valence-electron chi connectivity index (χ3n) is 5.43. The van der Waals surface area contributed by atoms with Gasteiger partial charge in [-0.3, -0.25) is 14.2 Å². The first-order valence-electron chi connectivity index (χ1n) is 9.88. The molecular weight excluding hydrogens is 366 g/mol. The molecule has 5 rings (SSSR count). The van der Waals surface area contributed by atoms with E-state index >= 15 is 0 Å². The molecule has 4 aromatic rings. The minimum absolute atomic E-state index is 0.124. The Hall–Kier alpha value is -3.19. The van der Waals surface area contributed by atoms with Gasteiger partial charge in [-0.25, -0.2) is 4.98 Å². The average Bonchev–Trinajstić information content (AvgIpc) is 3.12. The Bertz CT molecular complexity index is 1290. The lowest BCUT2D eigenvalue weighted by molar-refractivity contribution is 0.484. The third kappa shape index (κ3) is 3.17. The highest BCUT2D eigenvalue weighted by molar-refractivity contribution is 5.84. The summed E-state index contributed by atoms with van der Waals surface area (Å²) < 4.78 is 7.59. The lowest BCUT2D eigenvalue weighted by Gasteiger charge is -2.33. The van der Waals surface area contributed by atoms with Crippen LogP contribution in [0.15, 0.2) is 45.7 Å². The molecule has 0 spiro atoms. The number of hydrogen-bond acceptors (Lipinski definition) is 6. The Morgan fingerprint density at radius 3 is 2.86 bits per heavy atom. The summed E-state index contributed by atoms with van der Waals surface area (Å²) in [4.78, 5) is 24.3. The molecule has 1 aliphatic heterocycles. The molecule has 148 valence electrons. The van der Waals surface area contributed by atoms with Crippen LogP contribution in [-0.4, -0.2) is 40.0 Å². The number of fused-ring (bicyclic) bond motifs is 2. The van der Waals surface area contributed by atoms with Crippen molar-refractivity contribution < 1.29 is 4.42 Å². The maximum absolute atomic E-state index is 12.8. The van der Waals surface area contributed by atoms with Crippen LogP contribution in [-0.2, 0) is 0 Å². The molecule has 7 heteroatoms. The fraction of sp³-hybridized carbons (Fsp3) is 0.318. The highest BCUT2D eigenvalue weighted by Gasteiger charge is 2.17. The van der Waals surface area contributed by atoms with Gasteiger partial charge in [-0.05, 0) is 45.0 Å². The van der Waals surface area contributed by atoms with Gasteiger partial charge in [0.25, 0.3) is 5.56 Å². The number of nitrogens with one attached hydrogen (secondary N) is 1. The summed E-state index contributed by atoms with van der Waals surface area (Å²) in [5.74, 6) is 0.579. The number of piperazine rings is 1. The van der Waals surface area contributed by atoms with Gasteiger partial charge >= 0.3 is 0 Å². The van der Waals surface area contributed by atoms with Gasteiger partial charge in [0.1, 0.15) is 11.3 Å². The average molecular weight is 389 g/mol. The van der Waals surface area contributed by atoms with E-state index < -0.39 is 0 Å². The molecule has 0 bridgehead atoms. The first-order chi connectivity index (χ1) is 14.0. The maximum atomic E-state index is 12.8. The van der Waals surface area contributed by atoms with Crippen LogP contribution in [0.2, 0.25) is 0 Å². The molecule has 0 aliphatic carbocycles. The standard InChI is InChI=1S/C22H23N5O2/c1-13-8-16-9-19(29-22(16)15(3)24-13)18-10-21(28)27-12-17(4-5-20(27)25-18)26-7-6-23-14(2)11-26/h4-5,8-10,12,14,23H,6-7,11H2,1-3H3. The van der Waals surface area contributed by atoms with Gasteiger partial charge < -0.3 is 14.6 Å². The number of aromatic nitrogens is 3. The minimum atomic E-state index is -0.124. The monoisotopic (exact) mass is 389 g/mol. The Balaban J connectivity index is 1.57. The van der Waals surface area contributed by atoms with Gasteiger partial charge in [-0.15, -0.1) is 0 Å². The second-order valence-electron chi connectivity index (χ2n) is 7.77. The van der Waals surface area contributed by atoms with E-state index in [9.17, 15) is 4.79 Å². The van der Waals surface area contributed by atoms with Gasteiger partial charge in [-0.2, -0.15) is 0 Å². The van der Waals surface area contributed by atoms with Crippen molar-refractivity contribution in [1.29, 1.82) is 0 Å². The Morgan fingerprint density at radius 1 is 1.17 bits per heavy atom. The first-order valence-corrected chi connectivity index (χ1v) is 9.88. The topological polar surface area (TPSA) is 75.7 Å². The van der Waals surface area contributed by atoms with Crippen LogP contribution in [0.1, 0.15) is 18.3 Å². The van der Waals surface area contributed by atoms with Crippen molar-refractivity contribution in [2.45, 2.75) is 26.8 Å². The zero-order chi connectivity index (χ0) is 20.1. The summed E-state index contributed by atoms with van der Waals surface area (Å²) in [5, 5.41) is 4.40. The van der Waals surface area contributed by atoms with Crippen molar-refractivity contribution >= 4 is 22.3 Å². The number of anilines is 1. The summed E-state index contributed by atoms with van der Waals surface area (Å²) >= 11 is 0. The minimum Gasteiger partial charge on any atom is -0.453 e. The largest absolute Gasteiger partial charge is 0.453 e. The SMILES string of the molecule is Cc1cc2cc(-c3cc(=O)n4cc(N5CCNC(C)C5)ccc4n3)oc2c(C)n1. The zero-order valence-electron chi connectivity index (χ0n) is 16.8. The quantitative estimate of drug-likeness (QED) is 0.568. The van der Waals surface area contributed by atoms with Gasteiger partial charge in [0.2, 0.25) is 0 Å². The van der Waals surface area contributed by atoms with Crippen LogP contribution < -0.4 is 15.8 Å². The molecule has 1 aliphatic rings. The predicted octanol–water partition coefficient (Wildman–Crippen LogP) is 2.92. The molecule has 29 heavy (non-hydrogen) atoms. The number of pyridine rings is 2. The third-order valence-corrected chi connectivity index (χ3v) is 5.43. The smallest absolute Gasteiger partial charge is 0.258 e. The molecule has 5 heterocycles. The fourth-order valence-corrected chi connectivity index (χ4v) is 4.07. The van der Waals surface area contributed by atoms with Gasteiger partial charge in [-0.1, -0.05) is 0 Å². The van der Waals surface area contributed by atoms with E-state index in [1.54, 1.807) is 4.40 Å². The molecule has 0 amide bonds. The van der Waals surface area contributed by atoms with E-state index in [2.05, 4.69) is 27.1 Å². The van der Waals surface area contributed by atoms with Gasteiger partial charge in [0.15, 0.2) is 11.3 Å². The Labute approximate surface area is 168 Å². The molecule has 1 fully saturated rings. The van der Waals surface area contributed by atoms with Crippen LogP contribution in [0, 0.1) is 13.8 Å². The zero-order valence-corrected chi connectivity index (χ0v) is 16.8. The Kier molecular flexibility index (Phi) is 4.13. The predicted molar refractivity (Wildman–Crippen MR) is 114 cm³/mol. The highest BCUT2D eigenvalue weighted by atomic mass is 16.3. The lowest BCUT2D eigenvalue weighted by atomic mass is 10.2. The fourth-order valence-electron chi connectivity index (χ4n) is 4.07. The molecular formula is C22H23N5O2. The van der Waals surface area contributed by atoms with Crippen molar-refractivity contribution in [3.63, 3.8) is 0 Å². The van der Waals surface area contributed by atoms with Crippen molar-refractivity contribution in [1.82, 2.24) is 19.7 Å². The van der Waals surface area contributed by atoms with Crippen LogP contribution in [0.3, 0.4) is 0 Å². The van der Waals surface area contributed by atoms with Crippen LogP contribution >= 0.6 is 0 Å². The van der Waals surface area contributed by atoms with Crippen molar-refractivity contribution in [2.24, 2.45) is 0 Å². The Morgan fingerprint density at radius 2 is 2.03 bits per heavy atom. The van der Waals surface area contributed by atoms with Crippen molar-refractivity contribution in [2.75, 3.05) is 24.5 Å². The van der Waals surface area contributed by atoms with E-state index in [1.165, 1.54) is 6.07 Å². The van der Waals surface area contributed by atoms with E-state index in [-0.39, 0.29) is 5.56 Å². The molecule has 0 radical (unpaired) electrons. The van der Waals surface area contributed by atoms with Crippen LogP contribution in [0.4, 0.5) is 5.69 Å². The van der Waals surface area contributed by atoms with Gasteiger partial charge in [0, 0.05) is 49.0 Å². The summed E-state index contributed by atoms with van der Waals surface area (Å²) in [6.45, 7) is 8.81. The number of hydrogen-bond donors (Lipinski definition) is 1. The van der Waals surface area contributed by atoms with Crippen molar-refractivity contribution in [3.05, 3.63) is 58.3 Å². The molecule has 1 unspecified atom stereocenters.